The Kier molecular flexibility index (Phi) is 8.99. The Morgan fingerprint density at radius 1 is 1.19 bits per heavy atom. The first-order valence-electron chi connectivity index (χ1n) is 10.7. The van der Waals surface area contributed by atoms with Gasteiger partial charge in [0.25, 0.3) is 5.91 Å². The molecule has 0 bridgehead atoms. The number of rotatable bonds is 8. The summed E-state index contributed by atoms with van der Waals surface area (Å²) in [5.41, 5.74) is 1.55. The standard InChI is InChI=1S/C22H30N4O6/c23-12-16(22(30)25-13-19-21(29)20(28)18(27)14-32-19)11-15-1-3-17(4-2-15)24-5-6-26-7-9-31-10-8-26/h1-4,11,18-21,24,27-29H,5-10,13-14H2,(H,25,30). The molecule has 10 nitrogen and oxygen atoms in total. The van der Waals surface area contributed by atoms with E-state index in [1.807, 2.05) is 30.3 Å². The zero-order chi connectivity index (χ0) is 22.9. The summed E-state index contributed by atoms with van der Waals surface area (Å²) in [7, 11) is 0. The van der Waals surface area contributed by atoms with Crippen molar-refractivity contribution in [2.24, 2.45) is 0 Å². The molecule has 2 aliphatic heterocycles. The van der Waals surface area contributed by atoms with Crippen molar-refractivity contribution in [3.05, 3.63) is 35.4 Å². The number of hydrogen-bond acceptors (Lipinski definition) is 9. The summed E-state index contributed by atoms with van der Waals surface area (Å²) < 4.78 is 10.6. The van der Waals surface area contributed by atoms with Gasteiger partial charge in [0.2, 0.25) is 0 Å². The van der Waals surface area contributed by atoms with Crippen LogP contribution in [0.1, 0.15) is 5.56 Å². The Bertz CT molecular complexity index is 819. The topological polar surface area (TPSA) is 147 Å². The Balaban J connectivity index is 1.48. The van der Waals surface area contributed by atoms with Gasteiger partial charge in [0, 0.05) is 38.4 Å². The number of amides is 1. The number of benzene rings is 1. The van der Waals surface area contributed by atoms with Crippen molar-refractivity contribution in [1.82, 2.24) is 10.2 Å². The maximum atomic E-state index is 12.4. The Hall–Kier alpha value is -2.52. The highest BCUT2D eigenvalue weighted by molar-refractivity contribution is 6.01. The van der Waals surface area contributed by atoms with Gasteiger partial charge in [-0.3, -0.25) is 9.69 Å². The summed E-state index contributed by atoms with van der Waals surface area (Å²) in [5.74, 6) is -0.614. The molecule has 0 aromatic heterocycles. The van der Waals surface area contributed by atoms with Gasteiger partial charge in [-0.2, -0.15) is 5.26 Å². The molecule has 0 aliphatic carbocycles. The highest BCUT2D eigenvalue weighted by Crippen LogP contribution is 2.16. The molecule has 4 atom stereocenters. The number of anilines is 1. The molecule has 10 heteroatoms. The van der Waals surface area contributed by atoms with Crippen LogP contribution in [-0.2, 0) is 14.3 Å². The van der Waals surface area contributed by atoms with E-state index < -0.39 is 30.3 Å². The van der Waals surface area contributed by atoms with Crippen LogP contribution >= 0.6 is 0 Å². The third-order valence-corrected chi connectivity index (χ3v) is 5.52. The predicted molar refractivity (Wildman–Crippen MR) is 117 cm³/mol. The normalized spacial score (nSPS) is 26.9. The molecular weight excluding hydrogens is 416 g/mol. The Morgan fingerprint density at radius 3 is 2.59 bits per heavy atom. The molecule has 2 aliphatic rings. The van der Waals surface area contributed by atoms with Crippen LogP contribution in [0.3, 0.4) is 0 Å². The van der Waals surface area contributed by atoms with Crippen LogP contribution in [0, 0.1) is 11.3 Å². The molecule has 4 unspecified atom stereocenters. The summed E-state index contributed by atoms with van der Waals surface area (Å²) in [6.45, 7) is 4.92. The summed E-state index contributed by atoms with van der Waals surface area (Å²) >= 11 is 0. The third kappa shape index (κ3) is 6.74. The monoisotopic (exact) mass is 446 g/mol. The molecule has 3 rings (SSSR count). The number of nitriles is 1. The lowest BCUT2D eigenvalue weighted by molar-refractivity contribution is -0.185. The van der Waals surface area contributed by atoms with E-state index in [1.165, 1.54) is 6.08 Å². The van der Waals surface area contributed by atoms with Gasteiger partial charge in [-0.15, -0.1) is 0 Å². The molecule has 1 aromatic carbocycles. The van der Waals surface area contributed by atoms with Crippen molar-refractivity contribution in [3.63, 3.8) is 0 Å². The zero-order valence-electron chi connectivity index (χ0n) is 17.8. The van der Waals surface area contributed by atoms with E-state index >= 15 is 0 Å². The average molecular weight is 447 g/mol. The fourth-order valence-corrected chi connectivity index (χ4v) is 3.53. The first-order chi connectivity index (χ1) is 15.5. The van der Waals surface area contributed by atoms with Crippen molar-refractivity contribution in [2.45, 2.75) is 24.4 Å². The second-order valence-electron chi connectivity index (χ2n) is 7.80. The maximum Gasteiger partial charge on any atom is 0.262 e. The Morgan fingerprint density at radius 2 is 1.91 bits per heavy atom. The summed E-state index contributed by atoms with van der Waals surface area (Å²) in [5, 5.41) is 44.4. The van der Waals surface area contributed by atoms with E-state index in [1.54, 1.807) is 0 Å². The van der Waals surface area contributed by atoms with Crippen LogP contribution < -0.4 is 10.6 Å². The quantitative estimate of drug-likeness (QED) is 0.249. The van der Waals surface area contributed by atoms with E-state index in [2.05, 4.69) is 15.5 Å². The summed E-state index contributed by atoms with van der Waals surface area (Å²) in [4.78, 5) is 14.7. The van der Waals surface area contributed by atoms with Crippen molar-refractivity contribution >= 4 is 17.7 Å². The van der Waals surface area contributed by atoms with Gasteiger partial charge in [0.15, 0.2) is 0 Å². The lowest BCUT2D eigenvalue weighted by Crippen LogP contribution is -2.56. The van der Waals surface area contributed by atoms with Crippen LogP contribution in [-0.4, -0.2) is 103 Å². The smallest absolute Gasteiger partial charge is 0.262 e. The van der Waals surface area contributed by atoms with Crippen molar-refractivity contribution in [3.8, 4) is 6.07 Å². The van der Waals surface area contributed by atoms with Gasteiger partial charge in [-0.25, -0.2) is 0 Å². The fourth-order valence-electron chi connectivity index (χ4n) is 3.53. The lowest BCUT2D eigenvalue weighted by atomic mass is 10.00. The third-order valence-electron chi connectivity index (χ3n) is 5.52. The molecule has 0 saturated carbocycles. The highest BCUT2D eigenvalue weighted by Gasteiger charge is 2.37. The number of nitrogens with one attached hydrogen (secondary N) is 2. The molecule has 0 radical (unpaired) electrons. The van der Waals surface area contributed by atoms with Crippen molar-refractivity contribution in [1.29, 1.82) is 5.26 Å². The van der Waals surface area contributed by atoms with E-state index in [-0.39, 0.29) is 18.7 Å². The van der Waals surface area contributed by atoms with E-state index in [4.69, 9.17) is 9.47 Å². The van der Waals surface area contributed by atoms with Gasteiger partial charge >= 0.3 is 0 Å². The second-order valence-corrected chi connectivity index (χ2v) is 7.80. The summed E-state index contributed by atoms with van der Waals surface area (Å²) in [6.07, 6.45) is -3.26. The predicted octanol–water partition coefficient (Wildman–Crippen LogP) is -1.06. The number of morpholine rings is 1. The minimum absolute atomic E-state index is 0.0936. The maximum absolute atomic E-state index is 12.4. The molecule has 0 spiro atoms. The molecular formula is C22H30N4O6. The second kappa shape index (κ2) is 11.9. The van der Waals surface area contributed by atoms with Gasteiger partial charge < -0.3 is 35.4 Å². The summed E-state index contributed by atoms with van der Waals surface area (Å²) in [6, 6.07) is 9.27. The van der Waals surface area contributed by atoms with Crippen LogP contribution in [0.4, 0.5) is 5.69 Å². The molecule has 1 aromatic rings. The number of aliphatic hydroxyl groups excluding tert-OH is 3. The number of aliphatic hydroxyl groups is 3. The number of carbonyl (C=O) groups excluding carboxylic acids is 1. The molecule has 2 saturated heterocycles. The minimum Gasteiger partial charge on any atom is -0.388 e. The zero-order valence-corrected chi connectivity index (χ0v) is 17.8. The minimum atomic E-state index is -1.35. The molecule has 32 heavy (non-hydrogen) atoms. The number of nitrogens with zero attached hydrogens (tertiary/aromatic N) is 2. The van der Waals surface area contributed by atoms with Gasteiger partial charge in [-0.05, 0) is 23.8 Å². The van der Waals surface area contributed by atoms with Crippen LogP contribution in [0.5, 0.6) is 0 Å². The molecule has 174 valence electrons. The van der Waals surface area contributed by atoms with E-state index in [0.29, 0.717) is 5.56 Å². The largest absolute Gasteiger partial charge is 0.388 e. The highest BCUT2D eigenvalue weighted by atomic mass is 16.5. The first kappa shape index (κ1) is 24.1. The van der Waals surface area contributed by atoms with Crippen molar-refractivity contribution in [2.75, 3.05) is 57.9 Å². The lowest BCUT2D eigenvalue weighted by Gasteiger charge is -2.35. The first-order valence-corrected chi connectivity index (χ1v) is 10.7. The Labute approximate surface area is 187 Å². The SMILES string of the molecule is N#CC(=Cc1ccc(NCCN2CCOCC2)cc1)C(=O)NCC1OCC(O)C(O)C1O. The molecule has 5 N–H and O–H groups in total. The van der Waals surface area contributed by atoms with Gasteiger partial charge in [0.1, 0.15) is 36.1 Å². The number of ether oxygens (including phenoxy) is 2. The van der Waals surface area contributed by atoms with Crippen LogP contribution in [0.15, 0.2) is 29.8 Å². The van der Waals surface area contributed by atoms with Gasteiger partial charge in [-0.1, -0.05) is 12.1 Å². The van der Waals surface area contributed by atoms with Crippen LogP contribution in [0.25, 0.3) is 6.08 Å². The van der Waals surface area contributed by atoms with E-state index in [0.717, 1.165) is 45.1 Å². The molecule has 2 heterocycles. The number of carbonyl (C=O) groups is 1. The van der Waals surface area contributed by atoms with Crippen LogP contribution in [0.2, 0.25) is 0 Å². The average Bonchev–Trinajstić information content (AvgIpc) is 2.82. The van der Waals surface area contributed by atoms with Crippen molar-refractivity contribution < 1.29 is 29.6 Å². The number of hydrogen-bond donors (Lipinski definition) is 5. The molecule has 2 fully saturated rings. The fraction of sp³-hybridized carbons (Fsp3) is 0.545. The van der Waals surface area contributed by atoms with Gasteiger partial charge in [0.05, 0.1) is 19.8 Å². The van der Waals surface area contributed by atoms with E-state index in [9.17, 15) is 25.4 Å². The molecule has 1 amide bonds.